The first-order chi connectivity index (χ1) is 13.6. The van der Waals surface area contributed by atoms with Crippen molar-refractivity contribution in [1.82, 2.24) is 9.88 Å². The van der Waals surface area contributed by atoms with Crippen molar-refractivity contribution in [1.29, 1.82) is 0 Å². The molecule has 1 aliphatic rings. The second-order valence-corrected chi connectivity index (χ2v) is 8.56. The summed E-state index contributed by atoms with van der Waals surface area (Å²) < 4.78 is 6.17. The van der Waals surface area contributed by atoms with Gasteiger partial charge < -0.3 is 14.6 Å². The van der Waals surface area contributed by atoms with Crippen molar-refractivity contribution in [3.05, 3.63) is 40.2 Å². The van der Waals surface area contributed by atoms with Crippen LogP contribution in [0.15, 0.2) is 29.1 Å². The van der Waals surface area contributed by atoms with Crippen LogP contribution in [0, 0.1) is 5.92 Å². The van der Waals surface area contributed by atoms with E-state index in [0.29, 0.717) is 6.61 Å². The highest BCUT2D eigenvalue weighted by atomic mass is 16.5. The van der Waals surface area contributed by atoms with Crippen LogP contribution in [0.2, 0.25) is 0 Å². The molecule has 0 aliphatic heterocycles. The molecule has 2 aromatic rings. The Hall–Kier alpha value is -1.81. The Morgan fingerprint density at radius 1 is 1.07 bits per heavy atom. The van der Waals surface area contributed by atoms with Crippen molar-refractivity contribution in [3.8, 4) is 5.75 Å². The average molecular weight is 385 g/mol. The van der Waals surface area contributed by atoms with E-state index in [1.165, 1.54) is 44.9 Å². The smallest absolute Gasteiger partial charge is 0.255 e. The Bertz CT molecular complexity index is 791. The monoisotopic (exact) mass is 384 g/mol. The zero-order chi connectivity index (χ0) is 19.8. The van der Waals surface area contributed by atoms with E-state index in [-0.39, 0.29) is 5.56 Å². The van der Waals surface area contributed by atoms with Crippen LogP contribution in [0.1, 0.15) is 63.4 Å². The van der Waals surface area contributed by atoms with E-state index in [4.69, 9.17) is 4.74 Å². The number of aromatic amines is 1. The van der Waals surface area contributed by atoms with Gasteiger partial charge in [-0.15, -0.1) is 0 Å². The van der Waals surface area contributed by atoms with E-state index in [9.17, 15) is 4.79 Å². The molecular formula is C24H36N2O2. The molecule has 1 saturated carbocycles. The van der Waals surface area contributed by atoms with Crippen molar-refractivity contribution < 1.29 is 4.74 Å². The lowest BCUT2D eigenvalue weighted by Crippen LogP contribution is -2.18. The number of hydrogen-bond donors (Lipinski definition) is 1. The van der Waals surface area contributed by atoms with E-state index in [2.05, 4.69) is 30.0 Å². The van der Waals surface area contributed by atoms with E-state index in [1.54, 1.807) is 0 Å². The molecule has 1 heterocycles. The molecule has 1 aromatic carbocycles. The molecule has 0 spiro atoms. The van der Waals surface area contributed by atoms with Crippen molar-refractivity contribution in [2.24, 2.45) is 5.92 Å². The zero-order valence-electron chi connectivity index (χ0n) is 17.6. The number of nitrogens with zero attached hydrogens (tertiary/aromatic N) is 1. The van der Waals surface area contributed by atoms with Gasteiger partial charge in [0.15, 0.2) is 0 Å². The first-order valence-electron chi connectivity index (χ1n) is 11.1. The van der Waals surface area contributed by atoms with Gasteiger partial charge >= 0.3 is 0 Å². The summed E-state index contributed by atoms with van der Waals surface area (Å²) >= 11 is 0. The summed E-state index contributed by atoms with van der Waals surface area (Å²) in [5, 5.41) is 1.02. The molecule has 1 aromatic heterocycles. The van der Waals surface area contributed by atoms with E-state index < -0.39 is 0 Å². The summed E-state index contributed by atoms with van der Waals surface area (Å²) in [6.07, 6.45) is 12.4. The number of fused-ring (bicyclic) bond motifs is 1. The highest BCUT2D eigenvalue weighted by Crippen LogP contribution is 2.30. The Labute approximate surface area is 169 Å². The van der Waals surface area contributed by atoms with Gasteiger partial charge in [-0.2, -0.15) is 0 Å². The Kier molecular flexibility index (Phi) is 7.96. The second-order valence-electron chi connectivity index (χ2n) is 8.56. The molecule has 0 bridgehead atoms. The summed E-state index contributed by atoms with van der Waals surface area (Å²) in [7, 11) is 4.14. The Morgan fingerprint density at radius 3 is 2.64 bits per heavy atom. The fourth-order valence-electron chi connectivity index (χ4n) is 4.41. The number of rotatable bonds is 11. The van der Waals surface area contributed by atoms with Crippen LogP contribution in [0.3, 0.4) is 0 Å². The fraction of sp³-hybridized carbons (Fsp3) is 0.625. The molecule has 154 valence electrons. The largest absolute Gasteiger partial charge is 0.492 e. The summed E-state index contributed by atoms with van der Waals surface area (Å²) in [6, 6.07) is 7.97. The fourth-order valence-corrected chi connectivity index (χ4v) is 4.41. The maximum Gasteiger partial charge on any atom is 0.255 e. The minimum absolute atomic E-state index is 0.0112. The van der Waals surface area contributed by atoms with Gasteiger partial charge in [-0.3, -0.25) is 4.79 Å². The summed E-state index contributed by atoms with van der Waals surface area (Å²) in [5.74, 6) is 1.76. The van der Waals surface area contributed by atoms with Gasteiger partial charge in [-0.05, 0) is 51.4 Å². The standard InChI is InChI=1S/C24H36N2O2/c1-26(2)17-10-18-28-23-20-14-8-9-16-22(20)25-24(27)21(23)15-5-3-4-11-19-12-6-7-13-19/h8-9,14,16,19H,3-7,10-13,15,17-18H2,1-2H3,(H,25,27). The van der Waals surface area contributed by atoms with Gasteiger partial charge in [0.2, 0.25) is 0 Å². The van der Waals surface area contributed by atoms with Crippen LogP contribution >= 0.6 is 0 Å². The predicted octanol–water partition coefficient (Wildman–Crippen LogP) is 5.15. The number of unbranched alkanes of at least 4 members (excludes halogenated alkanes) is 2. The van der Waals surface area contributed by atoms with Crippen molar-refractivity contribution in [2.75, 3.05) is 27.2 Å². The highest BCUT2D eigenvalue weighted by Gasteiger charge is 2.16. The number of benzene rings is 1. The van der Waals surface area contributed by atoms with Crippen molar-refractivity contribution in [2.45, 2.75) is 64.2 Å². The number of aromatic nitrogens is 1. The molecule has 0 amide bonds. The number of ether oxygens (including phenoxy) is 1. The minimum Gasteiger partial charge on any atom is -0.492 e. The highest BCUT2D eigenvalue weighted by molar-refractivity contribution is 5.86. The lowest BCUT2D eigenvalue weighted by atomic mass is 9.98. The van der Waals surface area contributed by atoms with Gasteiger partial charge in [-0.25, -0.2) is 0 Å². The van der Waals surface area contributed by atoms with Crippen LogP contribution < -0.4 is 10.3 Å². The summed E-state index contributed by atoms with van der Waals surface area (Å²) in [4.78, 5) is 17.9. The van der Waals surface area contributed by atoms with E-state index >= 15 is 0 Å². The summed E-state index contributed by atoms with van der Waals surface area (Å²) in [5.41, 5.74) is 1.70. The number of pyridine rings is 1. The second kappa shape index (κ2) is 10.7. The number of H-pyrrole nitrogens is 1. The summed E-state index contributed by atoms with van der Waals surface area (Å²) in [6.45, 7) is 1.62. The lowest BCUT2D eigenvalue weighted by molar-refractivity contribution is 0.281. The van der Waals surface area contributed by atoms with Gasteiger partial charge in [0.25, 0.3) is 5.56 Å². The normalized spacial score (nSPS) is 15.0. The zero-order valence-corrected chi connectivity index (χ0v) is 17.6. The molecule has 0 atom stereocenters. The Balaban J connectivity index is 1.64. The SMILES string of the molecule is CN(C)CCCOc1c(CCCCCC2CCCC2)c(=O)[nH]c2ccccc12. The van der Waals surface area contributed by atoms with E-state index in [0.717, 1.165) is 53.9 Å². The molecule has 0 unspecified atom stereocenters. The number of hydrogen-bond acceptors (Lipinski definition) is 3. The average Bonchev–Trinajstić information content (AvgIpc) is 3.19. The van der Waals surface area contributed by atoms with E-state index in [1.807, 2.05) is 18.2 Å². The lowest BCUT2D eigenvalue weighted by Gasteiger charge is -2.15. The molecule has 0 saturated heterocycles. The number of para-hydroxylation sites is 1. The molecule has 28 heavy (non-hydrogen) atoms. The third kappa shape index (κ3) is 5.84. The third-order valence-corrected chi connectivity index (χ3v) is 5.98. The molecule has 4 nitrogen and oxygen atoms in total. The van der Waals surface area contributed by atoms with Gasteiger partial charge in [0.05, 0.1) is 17.7 Å². The first kappa shape index (κ1) is 20.9. The molecule has 1 aliphatic carbocycles. The van der Waals surface area contributed by atoms with Crippen molar-refractivity contribution in [3.63, 3.8) is 0 Å². The van der Waals surface area contributed by atoms with Crippen LogP contribution in [0.25, 0.3) is 10.9 Å². The van der Waals surface area contributed by atoms with Gasteiger partial charge in [0, 0.05) is 11.9 Å². The molecule has 1 fully saturated rings. The molecule has 3 rings (SSSR count). The molecule has 1 N–H and O–H groups in total. The maximum atomic E-state index is 12.7. The topological polar surface area (TPSA) is 45.3 Å². The van der Waals surface area contributed by atoms with Crippen LogP contribution in [-0.2, 0) is 6.42 Å². The minimum atomic E-state index is 0.0112. The Morgan fingerprint density at radius 2 is 1.86 bits per heavy atom. The number of nitrogens with one attached hydrogen (secondary N) is 1. The molecular weight excluding hydrogens is 348 g/mol. The van der Waals surface area contributed by atoms with Gasteiger partial charge in [0.1, 0.15) is 5.75 Å². The molecule has 0 radical (unpaired) electrons. The quantitative estimate of drug-likeness (QED) is 0.545. The van der Waals surface area contributed by atoms with Gasteiger partial charge in [-0.1, -0.05) is 57.1 Å². The van der Waals surface area contributed by atoms with Crippen LogP contribution in [-0.4, -0.2) is 37.1 Å². The van der Waals surface area contributed by atoms with Crippen LogP contribution in [0.5, 0.6) is 5.75 Å². The predicted molar refractivity (Wildman–Crippen MR) is 117 cm³/mol. The van der Waals surface area contributed by atoms with Crippen molar-refractivity contribution >= 4 is 10.9 Å². The third-order valence-electron chi connectivity index (χ3n) is 5.98. The first-order valence-corrected chi connectivity index (χ1v) is 11.1. The molecule has 4 heteroatoms. The maximum absolute atomic E-state index is 12.7. The van der Waals surface area contributed by atoms with Crippen LogP contribution in [0.4, 0.5) is 0 Å².